The van der Waals surface area contributed by atoms with Crippen LogP contribution in [0.25, 0.3) is 0 Å². The summed E-state index contributed by atoms with van der Waals surface area (Å²) >= 11 is 0. The first-order chi connectivity index (χ1) is 13.5. The van der Waals surface area contributed by atoms with Gasteiger partial charge < -0.3 is 10.1 Å². The highest BCUT2D eigenvalue weighted by Gasteiger charge is 2.13. The number of benzene rings is 2. The van der Waals surface area contributed by atoms with E-state index >= 15 is 0 Å². The zero-order chi connectivity index (χ0) is 21.1. The number of amides is 2. The SMILES string of the molecule is CC.CCC(C)c1c(/C=N/NC(=O)Nc2c(C)cccc2C)cccc1OC. The van der Waals surface area contributed by atoms with Crippen molar-refractivity contribution in [3.63, 3.8) is 0 Å². The summed E-state index contributed by atoms with van der Waals surface area (Å²) in [7, 11) is 1.67. The van der Waals surface area contributed by atoms with Gasteiger partial charge in [-0.25, -0.2) is 10.2 Å². The van der Waals surface area contributed by atoms with E-state index in [1.165, 1.54) is 0 Å². The first kappa shape index (κ1) is 23.2. The van der Waals surface area contributed by atoms with Crippen LogP contribution >= 0.6 is 0 Å². The van der Waals surface area contributed by atoms with E-state index in [0.29, 0.717) is 5.92 Å². The zero-order valence-electron chi connectivity index (χ0n) is 18.1. The number of hydrogen-bond donors (Lipinski definition) is 2. The molecule has 5 heteroatoms. The molecule has 0 aliphatic heterocycles. The zero-order valence-corrected chi connectivity index (χ0v) is 18.1. The van der Waals surface area contributed by atoms with Crippen molar-refractivity contribution < 1.29 is 9.53 Å². The van der Waals surface area contributed by atoms with Gasteiger partial charge in [-0.05, 0) is 43.4 Å². The smallest absolute Gasteiger partial charge is 0.339 e. The molecule has 0 radical (unpaired) electrons. The highest BCUT2D eigenvalue weighted by atomic mass is 16.5. The van der Waals surface area contributed by atoms with E-state index in [0.717, 1.165) is 40.1 Å². The summed E-state index contributed by atoms with van der Waals surface area (Å²) in [4.78, 5) is 12.1. The van der Waals surface area contributed by atoms with Crippen molar-refractivity contribution in [2.24, 2.45) is 5.10 Å². The van der Waals surface area contributed by atoms with Crippen LogP contribution in [0.5, 0.6) is 5.75 Å². The summed E-state index contributed by atoms with van der Waals surface area (Å²) < 4.78 is 5.48. The standard InChI is InChI=1S/C21H27N3O2.C2H6/c1-6-14(2)19-17(11-8-12-18(19)26-5)13-22-24-21(25)23-20-15(3)9-7-10-16(20)4;1-2/h7-14H,6H2,1-5H3,(H2,23,24,25);1-2H3/b22-13+;. The van der Waals surface area contributed by atoms with Crippen molar-refractivity contribution in [3.05, 3.63) is 58.7 Å². The Morgan fingerprint density at radius 2 is 1.75 bits per heavy atom. The van der Waals surface area contributed by atoms with Gasteiger partial charge in [-0.3, -0.25) is 0 Å². The highest BCUT2D eigenvalue weighted by Crippen LogP contribution is 2.31. The second-order valence-corrected chi connectivity index (χ2v) is 6.36. The van der Waals surface area contributed by atoms with Gasteiger partial charge in [0.2, 0.25) is 0 Å². The molecule has 2 N–H and O–H groups in total. The number of nitrogens with zero attached hydrogens (tertiary/aromatic N) is 1. The molecule has 1 atom stereocenters. The second-order valence-electron chi connectivity index (χ2n) is 6.36. The van der Waals surface area contributed by atoms with Gasteiger partial charge in [-0.2, -0.15) is 5.10 Å². The third-order valence-corrected chi connectivity index (χ3v) is 4.51. The number of aryl methyl sites for hydroxylation is 2. The third-order valence-electron chi connectivity index (χ3n) is 4.51. The Hall–Kier alpha value is -2.82. The van der Waals surface area contributed by atoms with Crippen molar-refractivity contribution in [2.75, 3.05) is 12.4 Å². The van der Waals surface area contributed by atoms with Gasteiger partial charge in [0.15, 0.2) is 0 Å². The van der Waals surface area contributed by atoms with Crippen LogP contribution in [0.4, 0.5) is 10.5 Å². The Labute approximate surface area is 169 Å². The van der Waals surface area contributed by atoms with Crippen LogP contribution in [0.2, 0.25) is 0 Å². The van der Waals surface area contributed by atoms with Gasteiger partial charge in [-0.15, -0.1) is 0 Å². The molecular weight excluding hydrogens is 350 g/mol. The number of para-hydroxylation sites is 1. The Balaban J connectivity index is 0.00000190. The fourth-order valence-electron chi connectivity index (χ4n) is 2.90. The lowest BCUT2D eigenvalue weighted by Crippen LogP contribution is -2.25. The maximum atomic E-state index is 12.1. The Morgan fingerprint density at radius 3 is 2.32 bits per heavy atom. The van der Waals surface area contributed by atoms with E-state index in [9.17, 15) is 4.79 Å². The van der Waals surface area contributed by atoms with E-state index in [1.54, 1.807) is 13.3 Å². The predicted octanol–water partition coefficient (Wildman–Crippen LogP) is 6.01. The van der Waals surface area contributed by atoms with Crippen LogP contribution in [0, 0.1) is 13.8 Å². The molecule has 0 heterocycles. The topological polar surface area (TPSA) is 62.7 Å². The van der Waals surface area contributed by atoms with E-state index in [1.807, 2.05) is 64.1 Å². The molecule has 2 aromatic rings. The molecule has 0 aliphatic rings. The average molecular weight is 384 g/mol. The lowest BCUT2D eigenvalue weighted by atomic mass is 9.93. The monoisotopic (exact) mass is 383 g/mol. The number of urea groups is 1. The summed E-state index contributed by atoms with van der Waals surface area (Å²) in [6, 6.07) is 11.3. The quantitative estimate of drug-likeness (QED) is 0.474. The third kappa shape index (κ3) is 6.12. The van der Waals surface area contributed by atoms with Crippen LogP contribution < -0.4 is 15.5 Å². The van der Waals surface area contributed by atoms with Crippen LogP contribution in [-0.2, 0) is 0 Å². The van der Waals surface area contributed by atoms with E-state index in [-0.39, 0.29) is 6.03 Å². The number of nitrogens with one attached hydrogen (secondary N) is 2. The molecule has 0 saturated carbocycles. The van der Waals surface area contributed by atoms with Gasteiger partial charge in [0.25, 0.3) is 0 Å². The number of hydrogen-bond acceptors (Lipinski definition) is 3. The van der Waals surface area contributed by atoms with Crippen LogP contribution in [0.15, 0.2) is 41.5 Å². The summed E-state index contributed by atoms with van der Waals surface area (Å²) in [6.07, 6.45) is 2.65. The minimum absolute atomic E-state index is 0.330. The van der Waals surface area contributed by atoms with Crippen molar-refractivity contribution in [1.82, 2.24) is 5.43 Å². The van der Waals surface area contributed by atoms with E-state index in [2.05, 4.69) is 29.7 Å². The van der Waals surface area contributed by atoms with E-state index in [4.69, 9.17) is 4.74 Å². The summed E-state index contributed by atoms with van der Waals surface area (Å²) in [5.74, 6) is 1.17. The number of carbonyl (C=O) groups excluding carboxylic acids is 1. The molecular formula is C23H33N3O2. The Kier molecular flexibility index (Phi) is 9.79. The lowest BCUT2D eigenvalue weighted by molar-refractivity contribution is 0.252. The molecule has 0 bridgehead atoms. The molecule has 2 aromatic carbocycles. The Morgan fingerprint density at radius 1 is 1.14 bits per heavy atom. The van der Waals surface area contributed by atoms with Crippen molar-refractivity contribution in [2.45, 2.75) is 53.9 Å². The van der Waals surface area contributed by atoms with Crippen molar-refractivity contribution >= 4 is 17.9 Å². The molecule has 1 unspecified atom stereocenters. The fraction of sp³-hybridized carbons (Fsp3) is 0.391. The number of carbonyl (C=O) groups is 1. The normalized spacial score (nSPS) is 11.4. The molecule has 2 amide bonds. The van der Waals surface area contributed by atoms with Gasteiger partial charge >= 0.3 is 6.03 Å². The van der Waals surface area contributed by atoms with Crippen molar-refractivity contribution in [3.8, 4) is 5.75 Å². The maximum Gasteiger partial charge on any atom is 0.339 e. The summed E-state index contributed by atoms with van der Waals surface area (Å²) in [5, 5.41) is 6.95. The van der Waals surface area contributed by atoms with Crippen LogP contribution in [0.3, 0.4) is 0 Å². The maximum absolute atomic E-state index is 12.1. The molecule has 5 nitrogen and oxygen atoms in total. The highest BCUT2D eigenvalue weighted by molar-refractivity contribution is 5.92. The largest absolute Gasteiger partial charge is 0.496 e. The molecule has 152 valence electrons. The van der Waals surface area contributed by atoms with Crippen molar-refractivity contribution in [1.29, 1.82) is 0 Å². The first-order valence-electron chi connectivity index (χ1n) is 9.81. The number of rotatable bonds is 6. The predicted molar refractivity (Wildman–Crippen MR) is 119 cm³/mol. The molecule has 28 heavy (non-hydrogen) atoms. The Bertz CT molecular complexity index is 780. The minimum atomic E-state index is -0.369. The molecule has 0 aliphatic carbocycles. The van der Waals surface area contributed by atoms with Gasteiger partial charge in [0, 0.05) is 16.8 Å². The number of ether oxygens (including phenoxy) is 1. The summed E-state index contributed by atoms with van der Waals surface area (Å²) in [5.41, 5.74) is 7.39. The molecule has 0 saturated heterocycles. The number of hydrazone groups is 1. The fourth-order valence-corrected chi connectivity index (χ4v) is 2.90. The molecule has 0 fully saturated rings. The van der Waals surface area contributed by atoms with E-state index < -0.39 is 0 Å². The average Bonchev–Trinajstić information content (AvgIpc) is 2.71. The number of anilines is 1. The lowest BCUT2D eigenvalue weighted by Gasteiger charge is -2.16. The van der Waals surface area contributed by atoms with Gasteiger partial charge in [0.1, 0.15) is 5.75 Å². The van der Waals surface area contributed by atoms with Gasteiger partial charge in [0.05, 0.1) is 13.3 Å². The molecule has 2 rings (SSSR count). The molecule has 0 spiro atoms. The van der Waals surface area contributed by atoms with Gasteiger partial charge in [-0.1, -0.05) is 58.0 Å². The first-order valence-corrected chi connectivity index (χ1v) is 9.81. The summed E-state index contributed by atoms with van der Waals surface area (Å²) in [6.45, 7) is 12.2. The van der Waals surface area contributed by atoms with Crippen LogP contribution in [0.1, 0.15) is 62.3 Å². The molecule has 0 aromatic heterocycles. The number of methoxy groups -OCH3 is 1. The second kappa shape index (κ2) is 11.8. The minimum Gasteiger partial charge on any atom is -0.496 e. The van der Waals surface area contributed by atoms with Crippen LogP contribution in [-0.4, -0.2) is 19.4 Å².